The van der Waals surface area contributed by atoms with Crippen molar-refractivity contribution in [2.75, 3.05) is 0 Å². The molecular formula is C21H26N+. The number of benzene rings is 1. The van der Waals surface area contributed by atoms with Crippen LogP contribution in [0.3, 0.4) is 0 Å². The van der Waals surface area contributed by atoms with E-state index >= 15 is 0 Å². The normalized spacial score (nSPS) is 31.2. The molecule has 0 amide bonds. The van der Waals surface area contributed by atoms with Crippen LogP contribution in [0.15, 0.2) is 42.6 Å². The smallest absolute Gasteiger partial charge is 0.191 e. The summed E-state index contributed by atoms with van der Waals surface area (Å²) in [6.45, 7) is 9.40. The molecule has 2 aliphatic rings. The number of rotatable bonds is 3. The number of hydrogen-bond donors (Lipinski definition) is 0. The number of fused-ring (bicyclic) bond motifs is 6. The Hall–Kier alpha value is -1.63. The summed E-state index contributed by atoms with van der Waals surface area (Å²) >= 11 is 0. The van der Waals surface area contributed by atoms with Gasteiger partial charge in [0.25, 0.3) is 0 Å². The SMILES string of the molecule is CCC1C2(CC)c3ccccc3-c3c(C)ccc[n+]3C12CC. The second kappa shape index (κ2) is 4.44. The van der Waals surface area contributed by atoms with Crippen LogP contribution in [0.1, 0.15) is 51.2 Å². The first-order chi connectivity index (χ1) is 10.7. The maximum absolute atomic E-state index is 2.64. The number of pyridine rings is 1. The van der Waals surface area contributed by atoms with Gasteiger partial charge in [-0.05, 0) is 37.5 Å². The molecule has 4 rings (SSSR count). The number of hydrogen-bond acceptors (Lipinski definition) is 0. The van der Waals surface area contributed by atoms with Crippen molar-refractivity contribution < 1.29 is 4.57 Å². The van der Waals surface area contributed by atoms with E-state index in [0.717, 1.165) is 5.92 Å². The molecule has 0 saturated heterocycles. The summed E-state index contributed by atoms with van der Waals surface area (Å²) in [4.78, 5) is 0. The Morgan fingerprint density at radius 2 is 1.77 bits per heavy atom. The van der Waals surface area contributed by atoms with E-state index in [4.69, 9.17) is 0 Å². The highest BCUT2D eigenvalue weighted by Gasteiger charge is 2.83. The van der Waals surface area contributed by atoms with Gasteiger partial charge in [-0.2, -0.15) is 4.57 Å². The van der Waals surface area contributed by atoms with E-state index in [-0.39, 0.29) is 5.54 Å². The van der Waals surface area contributed by atoms with Crippen LogP contribution in [0.25, 0.3) is 11.3 Å². The summed E-state index contributed by atoms with van der Waals surface area (Å²) in [5.41, 5.74) is 6.52. The Morgan fingerprint density at radius 1 is 1.00 bits per heavy atom. The Morgan fingerprint density at radius 3 is 2.45 bits per heavy atom. The topological polar surface area (TPSA) is 3.88 Å². The monoisotopic (exact) mass is 292 g/mol. The molecule has 1 fully saturated rings. The fourth-order valence-corrected chi connectivity index (χ4v) is 6.01. The molecule has 0 radical (unpaired) electrons. The average molecular weight is 292 g/mol. The van der Waals surface area contributed by atoms with Crippen molar-refractivity contribution >= 4 is 0 Å². The van der Waals surface area contributed by atoms with Crippen LogP contribution in [0, 0.1) is 12.8 Å². The van der Waals surface area contributed by atoms with Gasteiger partial charge in [0.1, 0.15) is 0 Å². The summed E-state index contributed by atoms with van der Waals surface area (Å²) in [6.07, 6.45) is 6.05. The lowest BCUT2D eigenvalue weighted by Gasteiger charge is -2.29. The summed E-state index contributed by atoms with van der Waals surface area (Å²) < 4.78 is 2.64. The van der Waals surface area contributed by atoms with Crippen molar-refractivity contribution in [3.63, 3.8) is 0 Å². The van der Waals surface area contributed by atoms with Gasteiger partial charge in [-0.15, -0.1) is 0 Å². The quantitative estimate of drug-likeness (QED) is 0.718. The van der Waals surface area contributed by atoms with Crippen LogP contribution in [-0.4, -0.2) is 0 Å². The van der Waals surface area contributed by atoms with Crippen LogP contribution >= 0.6 is 0 Å². The van der Waals surface area contributed by atoms with Gasteiger partial charge in [-0.25, -0.2) is 0 Å². The van der Waals surface area contributed by atoms with Gasteiger partial charge < -0.3 is 0 Å². The van der Waals surface area contributed by atoms with Crippen LogP contribution in [0.2, 0.25) is 0 Å². The average Bonchev–Trinajstić information content (AvgIpc) is 3.19. The highest BCUT2D eigenvalue weighted by molar-refractivity contribution is 5.70. The first kappa shape index (κ1) is 14.0. The zero-order valence-electron chi connectivity index (χ0n) is 14.2. The lowest BCUT2D eigenvalue weighted by Crippen LogP contribution is -2.55. The number of aromatic nitrogens is 1. The minimum atomic E-state index is 0.284. The van der Waals surface area contributed by atoms with Gasteiger partial charge in [0, 0.05) is 24.0 Å². The number of nitrogens with zero attached hydrogens (tertiary/aromatic N) is 1. The van der Waals surface area contributed by atoms with Gasteiger partial charge in [0.2, 0.25) is 5.69 Å². The molecular weight excluding hydrogens is 266 g/mol. The Bertz CT molecular complexity index is 747. The van der Waals surface area contributed by atoms with Gasteiger partial charge >= 0.3 is 0 Å². The van der Waals surface area contributed by atoms with Gasteiger partial charge in [0.15, 0.2) is 11.7 Å². The highest BCUT2D eigenvalue weighted by Crippen LogP contribution is 2.72. The second-order valence-corrected chi connectivity index (χ2v) is 7.02. The summed E-state index contributed by atoms with van der Waals surface area (Å²) in [6, 6.07) is 13.6. The highest BCUT2D eigenvalue weighted by atomic mass is 15.2. The first-order valence-electron chi connectivity index (χ1n) is 8.80. The summed E-state index contributed by atoms with van der Waals surface area (Å²) in [7, 11) is 0. The molecule has 22 heavy (non-hydrogen) atoms. The van der Waals surface area contributed by atoms with Crippen molar-refractivity contribution in [3.8, 4) is 11.3 Å². The predicted octanol–water partition coefficient (Wildman–Crippen LogP) is 4.76. The third kappa shape index (κ3) is 1.26. The van der Waals surface area contributed by atoms with Crippen molar-refractivity contribution in [1.29, 1.82) is 0 Å². The Kier molecular flexibility index (Phi) is 2.82. The van der Waals surface area contributed by atoms with Crippen molar-refractivity contribution in [3.05, 3.63) is 53.7 Å². The molecule has 3 unspecified atom stereocenters. The lowest BCUT2D eigenvalue weighted by molar-refractivity contribution is -0.739. The van der Waals surface area contributed by atoms with Crippen molar-refractivity contribution in [1.82, 2.24) is 0 Å². The molecule has 1 aliphatic heterocycles. The minimum absolute atomic E-state index is 0.284. The van der Waals surface area contributed by atoms with E-state index in [1.54, 1.807) is 5.56 Å². The molecule has 1 aromatic carbocycles. The molecule has 0 bridgehead atoms. The maximum atomic E-state index is 2.64. The Balaban J connectivity index is 2.14. The lowest BCUT2D eigenvalue weighted by atomic mass is 9.78. The molecule has 2 heterocycles. The Labute approximate surface area is 134 Å². The van der Waals surface area contributed by atoms with Gasteiger partial charge in [0.05, 0.1) is 11.0 Å². The second-order valence-electron chi connectivity index (χ2n) is 7.02. The first-order valence-corrected chi connectivity index (χ1v) is 8.80. The molecule has 1 heteroatoms. The van der Waals surface area contributed by atoms with Gasteiger partial charge in [-0.1, -0.05) is 39.0 Å². The molecule has 3 atom stereocenters. The van der Waals surface area contributed by atoms with Gasteiger partial charge in [-0.3, -0.25) is 0 Å². The largest absolute Gasteiger partial charge is 0.216 e. The van der Waals surface area contributed by atoms with E-state index in [0.29, 0.717) is 5.41 Å². The molecule has 0 N–H and O–H groups in total. The van der Waals surface area contributed by atoms with Crippen LogP contribution < -0.4 is 4.57 Å². The third-order valence-corrected chi connectivity index (χ3v) is 6.65. The predicted molar refractivity (Wildman–Crippen MR) is 90.8 cm³/mol. The fourth-order valence-electron chi connectivity index (χ4n) is 6.01. The zero-order valence-corrected chi connectivity index (χ0v) is 14.2. The van der Waals surface area contributed by atoms with Crippen molar-refractivity contribution in [2.24, 2.45) is 5.92 Å². The van der Waals surface area contributed by atoms with Crippen LogP contribution in [0.4, 0.5) is 0 Å². The fraction of sp³-hybridized carbons (Fsp3) is 0.476. The number of aryl methyl sites for hydroxylation is 1. The van der Waals surface area contributed by atoms with Crippen molar-refractivity contribution in [2.45, 2.75) is 57.9 Å². The molecule has 1 nitrogen and oxygen atoms in total. The van der Waals surface area contributed by atoms with E-state index < -0.39 is 0 Å². The zero-order chi connectivity index (χ0) is 15.5. The molecule has 1 aromatic heterocycles. The van der Waals surface area contributed by atoms with E-state index in [1.807, 2.05) is 0 Å². The summed E-state index contributed by atoms with van der Waals surface area (Å²) in [5, 5.41) is 0. The molecule has 1 saturated carbocycles. The summed E-state index contributed by atoms with van der Waals surface area (Å²) in [5.74, 6) is 0.754. The standard InChI is InChI=1S/C21H26N/c1-5-18-20(6-2)17-13-9-8-12-16(17)19-15(4)11-10-14-22(19)21(18,20)7-3/h8-14,18H,5-7H2,1-4H3/q+1. The molecule has 0 spiro atoms. The third-order valence-electron chi connectivity index (χ3n) is 6.65. The van der Waals surface area contributed by atoms with Crippen LogP contribution in [0.5, 0.6) is 0 Å². The van der Waals surface area contributed by atoms with E-state index in [2.05, 4.69) is 74.9 Å². The maximum Gasteiger partial charge on any atom is 0.216 e. The minimum Gasteiger partial charge on any atom is -0.191 e. The van der Waals surface area contributed by atoms with E-state index in [9.17, 15) is 0 Å². The molecule has 1 aliphatic carbocycles. The molecule has 2 aromatic rings. The van der Waals surface area contributed by atoms with E-state index in [1.165, 1.54) is 36.1 Å². The molecule has 114 valence electrons. The van der Waals surface area contributed by atoms with Crippen LogP contribution in [-0.2, 0) is 11.0 Å².